The second kappa shape index (κ2) is 8.56. The zero-order valence-corrected chi connectivity index (χ0v) is 16.5. The van der Waals surface area contributed by atoms with E-state index in [1.54, 1.807) is 12.1 Å². The van der Waals surface area contributed by atoms with Crippen LogP contribution in [0.5, 0.6) is 11.5 Å². The van der Waals surface area contributed by atoms with Crippen LogP contribution in [0.25, 0.3) is 22.4 Å². The van der Waals surface area contributed by atoms with Gasteiger partial charge in [-0.1, -0.05) is 13.3 Å². The normalized spacial score (nSPS) is 11.5. The van der Waals surface area contributed by atoms with Crippen molar-refractivity contribution in [1.82, 2.24) is 14.8 Å². The van der Waals surface area contributed by atoms with Crippen LogP contribution in [0.4, 0.5) is 13.2 Å². The maximum Gasteiger partial charge on any atom is 0.435 e. The first kappa shape index (κ1) is 21.4. The number of benzene rings is 1. The quantitative estimate of drug-likeness (QED) is 0.415. The van der Waals surface area contributed by atoms with Crippen molar-refractivity contribution in [2.24, 2.45) is 7.05 Å². The minimum Gasteiger partial charge on any atom is -0.506 e. The maximum atomic E-state index is 13.1. The molecule has 0 saturated heterocycles. The highest BCUT2D eigenvalue weighted by molar-refractivity contribution is 5.87. The zero-order valence-electron chi connectivity index (χ0n) is 16.5. The zero-order chi connectivity index (χ0) is 21.9. The molecule has 2 aromatic heterocycles. The van der Waals surface area contributed by atoms with E-state index in [1.165, 1.54) is 25.5 Å². The second-order valence-corrected chi connectivity index (χ2v) is 6.72. The van der Waals surface area contributed by atoms with E-state index in [9.17, 15) is 18.3 Å². The summed E-state index contributed by atoms with van der Waals surface area (Å²) < 4.78 is 46.1. The highest BCUT2D eigenvalue weighted by atomic mass is 19.4. The molecule has 0 amide bonds. The van der Waals surface area contributed by atoms with Crippen LogP contribution in [0.3, 0.4) is 0 Å². The van der Waals surface area contributed by atoms with Crippen LogP contribution in [0, 0.1) is 5.41 Å². The fourth-order valence-corrected chi connectivity index (χ4v) is 3.04. The number of unbranched alkanes of at least 4 members (excludes halogenated alkanes) is 1. The highest BCUT2D eigenvalue weighted by Crippen LogP contribution is 2.45. The van der Waals surface area contributed by atoms with Gasteiger partial charge >= 0.3 is 6.18 Å². The number of rotatable bonds is 7. The van der Waals surface area contributed by atoms with Gasteiger partial charge in [0.05, 0.1) is 17.9 Å². The molecule has 0 atom stereocenters. The highest BCUT2D eigenvalue weighted by Gasteiger charge is 2.35. The first-order valence-electron chi connectivity index (χ1n) is 9.32. The summed E-state index contributed by atoms with van der Waals surface area (Å²) in [5, 5.41) is 22.0. The van der Waals surface area contributed by atoms with Crippen LogP contribution >= 0.6 is 0 Å². The van der Waals surface area contributed by atoms with Crippen molar-refractivity contribution in [1.29, 1.82) is 5.41 Å². The van der Waals surface area contributed by atoms with E-state index in [0.717, 1.165) is 29.8 Å². The van der Waals surface area contributed by atoms with Gasteiger partial charge in [-0.05, 0) is 30.7 Å². The number of hydrogen-bond acceptors (Lipinski definition) is 5. The number of nitrogens with zero attached hydrogens (tertiary/aromatic N) is 3. The van der Waals surface area contributed by atoms with Crippen molar-refractivity contribution in [2.45, 2.75) is 25.9 Å². The molecule has 0 radical (unpaired) electrons. The van der Waals surface area contributed by atoms with Crippen LogP contribution in [0.2, 0.25) is 0 Å². The smallest absolute Gasteiger partial charge is 0.435 e. The number of aromatic hydroxyl groups is 1. The molecule has 0 unspecified atom stereocenters. The fourth-order valence-electron chi connectivity index (χ4n) is 3.04. The lowest BCUT2D eigenvalue weighted by Gasteiger charge is -2.16. The molecule has 0 spiro atoms. The molecular formula is C21H21F3N4O2. The molecule has 3 rings (SSSR count). The van der Waals surface area contributed by atoms with Gasteiger partial charge in [0, 0.05) is 42.3 Å². The molecule has 2 heterocycles. The average molecular weight is 418 g/mol. The fraction of sp³-hybridized carbons (Fsp3) is 0.286. The molecule has 0 aliphatic carbocycles. The summed E-state index contributed by atoms with van der Waals surface area (Å²) in [5.74, 6) is 0.136. The van der Waals surface area contributed by atoms with Gasteiger partial charge in [-0.25, -0.2) is 0 Å². The molecular weight excluding hydrogens is 397 g/mol. The van der Waals surface area contributed by atoms with Crippen LogP contribution in [0.1, 0.15) is 31.0 Å². The van der Waals surface area contributed by atoms with Crippen LogP contribution in [0.15, 0.2) is 36.7 Å². The standard InChI is InChI=1S/C21H21F3N4O2/c1-3-4-7-30-17-6-5-15(16-9-18(21(22,23)24)27-28(16)2)20(29)19(17)14-8-13(10-25)11-26-12-14/h5-6,8-12,25,29H,3-4,7H2,1-2H3. The van der Waals surface area contributed by atoms with Gasteiger partial charge in [-0.3, -0.25) is 9.67 Å². The molecule has 1 aromatic carbocycles. The molecule has 0 bridgehead atoms. The number of aryl methyl sites for hydroxylation is 1. The number of halogens is 3. The van der Waals surface area contributed by atoms with Crippen LogP contribution in [-0.2, 0) is 13.2 Å². The number of nitrogens with one attached hydrogen (secondary N) is 1. The Morgan fingerprint density at radius 1 is 1.23 bits per heavy atom. The SMILES string of the molecule is CCCCOc1ccc(-c2cc(C(F)(F)F)nn2C)c(O)c1-c1cncc(C=N)c1. The summed E-state index contributed by atoms with van der Waals surface area (Å²) in [6, 6.07) is 5.65. The van der Waals surface area contributed by atoms with Gasteiger partial charge in [0.25, 0.3) is 0 Å². The number of aromatic nitrogens is 3. The van der Waals surface area contributed by atoms with Crippen molar-refractivity contribution in [3.05, 3.63) is 47.9 Å². The molecule has 2 N–H and O–H groups in total. The monoisotopic (exact) mass is 418 g/mol. The predicted molar refractivity (Wildman–Crippen MR) is 107 cm³/mol. The largest absolute Gasteiger partial charge is 0.506 e. The molecule has 30 heavy (non-hydrogen) atoms. The Balaban J connectivity index is 2.18. The van der Waals surface area contributed by atoms with Gasteiger partial charge < -0.3 is 15.3 Å². The molecule has 158 valence electrons. The van der Waals surface area contributed by atoms with Gasteiger partial charge in [0.2, 0.25) is 0 Å². The lowest BCUT2D eigenvalue weighted by Crippen LogP contribution is -2.06. The number of phenols is 1. The van der Waals surface area contributed by atoms with E-state index in [1.807, 2.05) is 6.92 Å². The second-order valence-electron chi connectivity index (χ2n) is 6.72. The summed E-state index contributed by atoms with van der Waals surface area (Å²) in [4.78, 5) is 4.08. The third-order valence-electron chi connectivity index (χ3n) is 4.56. The molecule has 0 fully saturated rings. The number of alkyl halides is 3. The van der Waals surface area contributed by atoms with Gasteiger partial charge in [-0.15, -0.1) is 0 Å². The topological polar surface area (TPSA) is 84.0 Å². The van der Waals surface area contributed by atoms with Crippen molar-refractivity contribution in [3.8, 4) is 33.9 Å². The van der Waals surface area contributed by atoms with E-state index in [2.05, 4.69) is 10.1 Å². The molecule has 0 aliphatic heterocycles. The summed E-state index contributed by atoms with van der Waals surface area (Å²) in [6.07, 6.45) is 1.23. The minimum absolute atomic E-state index is 0.109. The lowest BCUT2D eigenvalue weighted by atomic mass is 9.98. The molecule has 9 heteroatoms. The summed E-state index contributed by atoms with van der Waals surface area (Å²) in [6.45, 7) is 2.44. The number of phenolic OH excluding ortho intramolecular Hbond substituents is 1. The summed E-state index contributed by atoms with van der Waals surface area (Å²) in [5.41, 5.74) is 0.541. The number of hydrogen-bond donors (Lipinski definition) is 2. The van der Waals surface area contributed by atoms with Gasteiger partial charge in [0.1, 0.15) is 11.5 Å². The first-order chi connectivity index (χ1) is 14.3. The Bertz CT molecular complexity index is 1060. The Morgan fingerprint density at radius 2 is 2.00 bits per heavy atom. The molecule has 0 saturated carbocycles. The van der Waals surface area contributed by atoms with E-state index in [0.29, 0.717) is 29.0 Å². The Kier molecular flexibility index (Phi) is 6.09. The van der Waals surface area contributed by atoms with E-state index < -0.39 is 11.9 Å². The van der Waals surface area contributed by atoms with Crippen molar-refractivity contribution in [2.75, 3.05) is 6.61 Å². The lowest BCUT2D eigenvalue weighted by molar-refractivity contribution is -0.141. The van der Waals surface area contributed by atoms with E-state index >= 15 is 0 Å². The summed E-state index contributed by atoms with van der Waals surface area (Å²) >= 11 is 0. The maximum absolute atomic E-state index is 13.1. The van der Waals surface area contributed by atoms with Crippen LogP contribution in [-0.4, -0.2) is 32.7 Å². The van der Waals surface area contributed by atoms with E-state index in [-0.39, 0.29) is 17.0 Å². The van der Waals surface area contributed by atoms with Gasteiger partial charge in [0.15, 0.2) is 5.69 Å². The van der Waals surface area contributed by atoms with Crippen LogP contribution < -0.4 is 4.74 Å². The minimum atomic E-state index is -4.60. The molecule has 0 aliphatic rings. The first-order valence-corrected chi connectivity index (χ1v) is 9.32. The Hall–Kier alpha value is -3.36. The third-order valence-corrected chi connectivity index (χ3v) is 4.56. The Morgan fingerprint density at radius 3 is 2.63 bits per heavy atom. The summed E-state index contributed by atoms with van der Waals surface area (Å²) in [7, 11) is 1.38. The van der Waals surface area contributed by atoms with Gasteiger partial charge in [-0.2, -0.15) is 18.3 Å². The number of ether oxygens (including phenoxy) is 1. The molecule has 6 nitrogen and oxygen atoms in total. The average Bonchev–Trinajstić information content (AvgIpc) is 3.10. The third kappa shape index (κ3) is 4.29. The Labute approximate surface area is 171 Å². The predicted octanol–water partition coefficient (Wildman–Crippen LogP) is 5.05. The number of pyridine rings is 1. The van der Waals surface area contributed by atoms with Crippen molar-refractivity contribution < 1.29 is 23.0 Å². The van der Waals surface area contributed by atoms with E-state index in [4.69, 9.17) is 10.1 Å². The molecule has 3 aromatic rings. The van der Waals surface area contributed by atoms with Crippen molar-refractivity contribution >= 4 is 6.21 Å². The van der Waals surface area contributed by atoms with Crippen molar-refractivity contribution in [3.63, 3.8) is 0 Å².